The van der Waals surface area contributed by atoms with Crippen molar-refractivity contribution in [2.24, 2.45) is 5.41 Å². The first-order chi connectivity index (χ1) is 13.0. The third-order valence-corrected chi connectivity index (χ3v) is 5.16. The van der Waals surface area contributed by atoms with Gasteiger partial charge in [0.2, 0.25) is 0 Å². The van der Waals surface area contributed by atoms with Gasteiger partial charge in [-0.1, -0.05) is 11.6 Å². The second kappa shape index (κ2) is 8.10. The van der Waals surface area contributed by atoms with Crippen LogP contribution in [0.25, 0.3) is 10.9 Å². The van der Waals surface area contributed by atoms with E-state index in [0.717, 1.165) is 5.39 Å². The number of fused-ring (bicyclic) bond motifs is 1. The molecule has 1 saturated heterocycles. The summed E-state index contributed by atoms with van der Waals surface area (Å²) >= 11 is 6.17. The van der Waals surface area contributed by atoms with Gasteiger partial charge in [0.1, 0.15) is 16.7 Å². The highest BCUT2D eigenvalue weighted by Gasteiger charge is 2.43. The standard InChI is InChI=1S/C19H21ClN2O5/c1-26-12-19(18(24)25)7-3-9-22(11-19)16(23)10-27-15-6-5-14(20)13-4-2-8-21-17(13)15/h2,4-6,8H,3,7,9-12H2,1H3,(H,24,25). The number of ether oxygens (including phenoxy) is 2. The number of piperidine rings is 1. The van der Waals surface area contributed by atoms with Gasteiger partial charge in [-0.15, -0.1) is 0 Å². The molecule has 1 fully saturated rings. The number of aromatic nitrogens is 1. The van der Waals surface area contributed by atoms with E-state index in [1.165, 1.54) is 12.0 Å². The Labute approximate surface area is 161 Å². The number of amides is 1. The highest BCUT2D eigenvalue weighted by atomic mass is 35.5. The number of carbonyl (C=O) groups excluding carboxylic acids is 1. The minimum atomic E-state index is -1.07. The Morgan fingerprint density at radius 1 is 1.37 bits per heavy atom. The van der Waals surface area contributed by atoms with Gasteiger partial charge in [0.25, 0.3) is 5.91 Å². The van der Waals surface area contributed by atoms with Gasteiger partial charge in [-0.3, -0.25) is 14.6 Å². The van der Waals surface area contributed by atoms with Gasteiger partial charge in [0.15, 0.2) is 6.61 Å². The number of carboxylic acids is 1. The number of hydrogen-bond donors (Lipinski definition) is 1. The first-order valence-corrected chi connectivity index (χ1v) is 9.01. The van der Waals surface area contributed by atoms with E-state index in [0.29, 0.717) is 35.7 Å². The molecular formula is C19H21ClN2O5. The molecule has 1 aromatic carbocycles. The molecule has 1 N–H and O–H groups in total. The average molecular weight is 393 g/mol. The summed E-state index contributed by atoms with van der Waals surface area (Å²) in [5.74, 6) is -0.757. The van der Waals surface area contributed by atoms with E-state index in [2.05, 4.69) is 4.98 Å². The monoisotopic (exact) mass is 392 g/mol. The van der Waals surface area contributed by atoms with Gasteiger partial charge in [-0.2, -0.15) is 0 Å². The van der Waals surface area contributed by atoms with Crippen LogP contribution in [0.4, 0.5) is 0 Å². The zero-order valence-corrected chi connectivity index (χ0v) is 15.7. The SMILES string of the molecule is COCC1(C(=O)O)CCCN(C(=O)COc2ccc(Cl)c3cccnc23)C1. The van der Waals surface area contributed by atoms with Gasteiger partial charge in [-0.05, 0) is 37.1 Å². The Bertz CT molecular complexity index is 855. The number of hydrogen-bond acceptors (Lipinski definition) is 5. The minimum absolute atomic E-state index is 0.0682. The number of aliphatic carboxylic acids is 1. The summed E-state index contributed by atoms with van der Waals surface area (Å²) < 4.78 is 10.8. The summed E-state index contributed by atoms with van der Waals surface area (Å²) in [4.78, 5) is 30.1. The second-order valence-electron chi connectivity index (χ2n) is 6.67. The van der Waals surface area contributed by atoms with Crippen LogP contribution in [0.2, 0.25) is 5.02 Å². The lowest BCUT2D eigenvalue weighted by molar-refractivity contribution is -0.159. The summed E-state index contributed by atoms with van der Waals surface area (Å²) in [6.07, 6.45) is 2.71. The van der Waals surface area contributed by atoms with E-state index >= 15 is 0 Å². The molecule has 0 bridgehead atoms. The highest BCUT2D eigenvalue weighted by molar-refractivity contribution is 6.35. The molecule has 2 heterocycles. The lowest BCUT2D eigenvalue weighted by atomic mass is 9.80. The molecule has 1 amide bonds. The van der Waals surface area contributed by atoms with Crippen LogP contribution in [0.1, 0.15) is 12.8 Å². The molecule has 8 heteroatoms. The Morgan fingerprint density at radius 2 is 2.19 bits per heavy atom. The molecule has 1 unspecified atom stereocenters. The molecule has 0 aliphatic carbocycles. The zero-order valence-electron chi connectivity index (χ0n) is 15.0. The molecule has 0 saturated carbocycles. The number of halogens is 1. The summed E-state index contributed by atoms with van der Waals surface area (Å²) in [6.45, 7) is 0.479. The van der Waals surface area contributed by atoms with Crippen molar-refractivity contribution in [1.82, 2.24) is 9.88 Å². The van der Waals surface area contributed by atoms with Crippen LogP contribution >= 0.6 is 11.6 Å². The fraction of sp³-hybridized carbons (Fsp3) is 0.421. The maximum Gasteiger partial charge on any atom is 0.313 e. The molecule has 1 aliphatic rings. The number of pyridine rings is 1. The van der Waals surface area contributed by atoms with Gasteiger partial charge in [0.05, 0.1) is 11.6 Å². The predicted octanol–water partition coefficient (Wildman–Crippen LogP) is 2.61. The van der Waals surface area contributed by atoms with Crippen molar-refractivity contribution in [1.29, 1.82) is 0 Å². The number of nitrogens with zero attached hydrogens (tertiary/aromatic N) is 2. The molecule has 1 atom stereocenters. The van der Waals surface area contributed by atoms with Crippen LogP contribution < -0.4 is 4.74 Å². The lowest BCUT2D eigenvalue weighted by Gasteiger charge is -2.39. The molecule has 1 aromatic heterocycles. The van der Waals surface area contributed by atoms with Crippen LogP contribution in [-0.2, 0) is 14.3 Å². The fourth-order valence-corrected chi connectivity index (χ4v) is 3.65. The third-order valence-electron chi connectivity index (χ3n) is 4.83. The molecule has 0 spiro atoms. The predicted molar refractivity (Wildman–Crippen MR) is 100 cm³/mol. The minimum Gasteiger partial charge on any atom is -0.481 e. The quantitative estimate of drug-likeness (QED) is 0.812. The Morgan fingerprint density at radius 3 is 2.93 bits per heavy atom. The zero-order chi connectivity index (χ0) is 19.4. The van der Waals surface area contributed by atoms with Gasteiger partial charge >= 0.3 is 5.97 Å². The fourth-order valence-electron chi connectivity index (χ4n) is 3.43. The van der Waals surface area contributed by atoms with E-state index in [1.807, 2.05) is 6.07 Å². The lowest BCUT2D eigenvalue weighted by Crippen LogP contribution is -2.53. The van der Waals surface area contributed by atoms with E-state index in [-0.39, 0.29) is 25.7 Å². The molecule has 1 aliphatic heterocycles. The van der Waals surface area contributed by atoms with Crippen molar-refractivity contribution in [3.8, 4) is 5.75 Å². The van der Waals surface area contributed by atoms with Crippen LogP contribution in [0.15, 0.2) is 30.5 Å². The van der Waals surface area contributed by atoms with Crippen molar-refractivity contribution in [3.63, 3.8) is 0 Å². The van der Waals surface area contributed by atoms with Crippen LogP contribution in [0.5, 0.6) is 5.75 Å². The van der Waals surface area contributed by atoms with Crippen molar-refractivity contribution in [2.45, 2.75) is 12.8 Å². The molecule has 7 nitrogen and oxygen atoms in total. The van der Waals surface area contributed by atoms with E-state index in [4.69, 9.17) is 21.1 Å². The summed E-state index contributed by atoms with van der Waals surface area (Å²) in [7, 11) is 1.47. The number of methoxy groups -OCH3 is 1. The smallest absolute Gasteiger partial charge is 0.313 e. The maximum atomic E-state index is 12.6. The number of rotatable bonds is 6. The van der Waals surface area contributed by atoms with Crippen molar-refractivity contribution >= 4 is 34.4 Å². The average Bonchev–Trinajstić information content (AvgIpc) is 2.68. The van der Waals surface area contributed by atoms with Crippen LogP contribution in [0, 0.1) is 5.41 Å². The number of carbonyl (C=O) groups is 2. The van der Waals surface area contributed by atoms with Gasteiger partial charge < -0.3 is 19.5 Å². The summed E-state index contributed by atoms with van der Waals surface area (Å²) in [6, 6.07) is 6.97. The first-order valence-electron chi connectivity index (χ1n) is 8.63. The summed E-state index contributed by atoms with van der Waals surface area (Å²) in [5, 5.41) is 10.9. The number of carboxylic acid groups (broad SMARTS) is 1. The van der Waals surface area contributed by atoms with E-state index in [9.17, 15) is 14.7 Å². The van der Waals surface area contributed by atoms with Crippen LogP contribution in [-0.4, -0.2) is 60.3 Å². The first kappa shape index (κ1) is 19.4. The maximum absolute atomic E-state index is 12.6. The molecule has 144 valence electrons. The van der Waals surface area contributed by atoms with Gasteiger partial charge in [0, 0.05) is 31.8 Å². The molecule has 0 radical (unpaired) electrons. The molecule has 2 aromatic rings. The number of likely N-dealkylation sites (tertiary alicyclic amines) is 1. The van der Waals surface area contributed by atoms with E-state index < -0.39 is 11.4 Å². The Balaban J connectivity index is 1.71. The Kier molecular flexibility index (Phi) is 5.82. The van der Waals surface area contributed by atoms with Crippen LogP contribution in [0.3, 0.4) is 0 Å². The highest BCUT2D eigenvalue weighted by Crippen LogP contribution is 2.32. The largest absolute Gasteiger partial charge is 0.481 e. The third kappa shape index (κ3) is 3.99. The van der Waals surface area contributed by atoms with Crippen molar-refractivity contribution < 1.29 is 24.2 Å². The molecule has 27 heavy (non-hydrogen) atoms. The molecule has 3 rings (SSSR count). The second-order valence-corrected chi connectivity index (χ2v) is 7.08. The Hall–Kier alpha value is -2.38. The summed E-state index contributed by atoms with van der Waals surface area (Å²) in [5.41, 5.74) is -0.493. The molecular weight excluding hydrogens is 372 g/mol. The van der Waals surface area contributed by atoms with Crippen molar-refractivity contribution in [3.05, 3.63) is 35.5 Å². The normalized spacial score (nSPS) is 19.9. The topological polar surface area (TPSA) is 89.0 Å². The number of benzene rings is 1. The van der Waals surface area contributed by atoms with Gasteiger partial charge in [-0.25, -0.2) is 0 Å². The van der Waals surface area contributed by atoms with Crippen molar-refractivity contribution in [2.75, 3.05) is 33.4 Å². The van der Waals surface area contributed by atoms with E-state index in [1.54, 1.807) is 24.4 Å².